The lowest BCUT2D eigenvalue weighted by Crippen LogP contribution is -2.24. The molecular weight excluding hydrogens is 414 g/mol. The smallest absolute Gasteiger partial charge is 0.339 e. The van der Waals surface area contributed by atoms with Crippen LogP contribution in [0.5, 0.6) is 5.75 Å². The fraction of sp³-hybridized carbons (Fsp3) is 0.0667. The number of hydrazone groups is 1. The van der Waals surface area contributed by atoms with Crippen LogP contribution in [0.1, 0.15) is 11.1 Å². The zero-order chi connectivity index (χ0) is 17.7. The minimum Gasteiger partial charge on any atom is -0.378 e. The van der Waals surface area contributed by atoms with Crippen LogP contribution in [0.3, 0.4) is 0 Å². The van der Waals surface area contributed by atoms with Gasteiger partial charge in [-0.2, -0.15) is 13.5 Å². The van der Waals surface area contributed by atoms with Crippen molar-refractivity contribution in [1.82, 2.24) is 5.43 Å². The summed E-state index contributed by atoms with van der Waals surface area (Å²) in [4.78, 5) is 0.0696. The Balaban J connectivity index is 2.33. The van der Waals surface area contributed by atoms with Crippen LogP contribution in [0.2, 0.25) is 0 Å². The van der Waals surface area contributed by atoms with Gasteiger partial charge in [-0.05, 0) is 49.5 Å². The van der Waals surface area contributed by atoms with Gasteiger partial charge in [0.05, 0.1) is 6.21 Å². The minimum atomic E-state index is -3.95. The summed E-state index contributed by atoms with van der Waals surface area (Å²) < 4.78 is 30.8. The predicted molar refractivity (Wildman–Crippen MR) is 101 cm³/mol. The van der Waals surface area contributed by atoms with E-state index in [4.69, 9.17) is 9.92 Å². The first-order valence-corrected chi connectivity index (χ1v) is 9.28. The molecule has 0 atom stereocenters. The van der Waals surface area contributed by atoms with E-state index in [0.29, 0.717) is 5.56 Å². The second-order valence-corrected chi connectivity index (χ2v) is 7.67. The van der Waals surface area contributed by atoms with E-state index in [1.807, 2.05) is 6.92 Å². The van der Waals surface area contributed by atoms with Gasteiger partial charge >= 0.3 is 10.1 Å². The van der Waals surface area contributed by atoms with E-state index >= 15 is 0 Å². The van der Waals surface area contributed by atoms with E-state index in [1.54, 1.807) is 24.3 Å². The molecule has 0 unspecified atom stereocenters. The van der Waals surface area contributed by atoms with Gasteiger partial charge < -0.3 is 9.92 Å². The Morgan fingerprint density at radius 2 is 1.96 bits per heavy atom. The first-order valence-electron chi connectivity index (χ1n) is 6.67. The third-order valence-corrected chi connectivity index (χ3v) is 4.69. The molecule has 0 aromatic heterocycles. The van der Waals surface area contributed by atoms with Gasteiger partial charge in [0.25, 0.3) is 0 Å². The zero-order valence-electron chi connectivity index (χ0n) is 12.6. The summed E-state index contributed by atoms with van der Waals surface area (Å²) in [6.07, 6.45) is 1.36. The van der Waals surface area contributed by atoms with E-state index in [-0.39, 0.29) is 15.8 Å². The molecule has 3 N–H and O–H groups in total. The van der Waals surface area contributed by atoms with Gasteiger partial charge in [0.1, 0.15) is 4.90 Å². The van der Waals surface area contributed by atoms with E-state index < -0.39 is 10.1 Å². The highest BCUT2D eigenvalue weighted by molar-refractivity contribution is 9.10. The van der Waals surface area contributed by atoms with Gasteiger partial charge in [-0.3, -0.25) is 5.43 Å². The number of halogens is 1. The predicted octanol–water partition coefficient (Wildman–Crippen LogP) is 2.69. The van der Waals surface area contributed by atoms with E-state index in [2.05, 4.69) is 38.7 Å². The van der Waals surface area contributed by atoms with Gasteiger partial charge in [0, 0.05) is 10.0 Å². The van der Waals surface area contributed by atoms with Crippen molar-refractivity contribution >= 4 is 49.6 Å². The number of hydrogen-bond donors (Lipinski definition) is 2. The number of hydrogen-bond acceptors (Lipinski definition) is 5. The molecular formula is C15H14BrN3O3S2. The first kappa shape index (κ1) is 18.4. The number of nitrogens with one attached hydrogen (secondary N) is 1. The third-order valence-electron chi connectivity index (χ3n) is 2.86. The van der Waals surface area contributed by atoms with Crippen LogP contribution in [0.25, 0.3) is 0 Å². The van der Waals surface area contributed by atoms with Crippen molar-refractivity contribution in [2.45, 2.75) is 11.8 Å². The molecule has 0 aliphatic rings. The summed E-state index contributed by atoms with van der Waals surface area (Å²) in [6, 6.07) is 11.2. The average molecular weight is 428 g/mol. The summed E-state index contributed by atoms with van der Waals surface area (Å²) in [5, 5.41) is 3.82. The number of rotatable bonds is 5. The van der Waals surface area contributed by atoms with Crippen LogP contribution in [0, 0.1) is 6.92 Å². The molecule has 2 aromatic carbocycles. The Bertz CT molecular complexity index is 881. The molecule has 0 radical (unpaired) electrons. The number of nitrogens with two attached hydrogens (primary N) is 1. The lowest BCUT2D eigenvalue weighted by Gasteiger charge is -2.10. The number of benzene rings is 2. The molecule has 24 heavy (non-hydrogen) atoms. The molecule has 2 rings (SSSR count). The molecule has 2 aromatic rings. The first-order chi connectivity index (χ1) is 11.3. The molecule has 0 aliphatic carbocycles. The molecule has 0 aliphatic heterocycles. The molecule has 0 saturated carbocycles. The van der Waals surface area contributed by atoms with Crippen molar-refractivity contribution in [3.05, 3.63) is 58.1 Å². The second-order valence-electron chi connectivity index (χ2n) is 4.77. The highest BCUT2D eigenvalue weighted by Crippen LogP contribution is 2.25. The maximum atomic E-state index is 12.4. The summed E-state index contributed by atoms with van der Waals surface area (Å²) in [5.74, 6) is 0.132. The molecule has 0 saturated heterocycles. The largest absolute Gasteiger partial charge is 0.378 e. The Morgan fingerprint density at radius 3 is 2.58 bits per heavy atom. The van der Waals surface area contributed by atoms with Crippen molar-refractivity contribution in [3.8, 4) is 5.75 Å². The average Bonchev–Trinajstić information content (AvgIpc) is 2.50. The zero-order valence-corrected chi connectivity index (χ0v) is 15.8. The van der Waals surface area contributed by atoms with Crippen LogP contribution in [0.4, 0.5) is 0 Å². The minimum absolute atomic E-state index is 0.00371. The molecule has 9 heteroatoms. The summed E-state index contributed by atoms with van der Waals surface area (Å²) in [6.45, 7) is 1.87. The van der Waals surface area contributed by atoms with Gasteiger partial charge in [0.2, 0.25) is 0 Å². The SMILES string of the molecule is Cc1ccc(S(=O)(=O)Oc2ccc(Br)cc2/C=N\NC(N)=S)cc1. The van der Waals surface area contributed by atoms with Crippen LogP contribution in [-0.2, 0) is 10.1 Å². The summed E-state index contributed by atoms with van der Waals surface area (Å²) in [7, 11) is -3.95. The molecule has 0 bridgehead atoms. The van der Waals surface area contributed by atoms with Crippen molar-refractivity contribution in [1.29, 1.82) is 0 Å². The van der Waals surface area contributed by atoms with Crippen LogP contribution in [-0.4, -0.2) is 19.7 Å². The Labute approximate surface area is 154 Å². The quantitative estimate of drug-likeness (QED) is 0.329. The van der Waals surface area contributed by atoms with Gasteiger partial charge in [-0.25, -0.2) is 0 Å². The molecule has 126 valence electrons. The van der Waals surface area contributed by atoms with Crippen molar-refractivity contribution in [2.24, 2.45) is 10.8 Å². The maximum Gasteiger partial charge on any atom is 0.339 e. The Hall–Kier alpha value is -1.97. The van der Waals surface area contributed by atoms with Crippen LogP contribution in [0.15, 0.2) is 56.9 Å². The Kier molecular flexibility index (Phi) is 5.92. The van der Waals surface area contributed by atoms with E-state index in [9.17, 15) is 8.42 Å². The fourth-order valence-corrected chi connectivity index (χ4v) is 3.12. The molecule has 0 amide bonds. The molecule has 0 spiro atoms. The second kappa shape index (κ2) is 7.73. The summed E-state index contributed by atoms with van der Waals surface area (Å²) in [5.41, 5.74) is 9.07. The lowest BCUT2D eigenvalue weighted by atomic mass is 10.2. The van der Waals surface area contributed by atoms with Crippen LogP contribution < -0.4 is 15.3 Å². The fourth-order valence-electron chi connectivity index (χ4n) is 1.73. The van der Waals surface area contributed by atoms with Gasteiger partial charge in [-0.1, -0.05) is 33.6 Å². The molecule has 0 fully saturated rings. The van der Waals surface area contributed by atoms with Gasteiger partial charge in [0.15, 0.2) is 10.9 Å². The number of nitrogens with zero attached hydrogens (tertiary/aromatic N) is 1. The van der Waals surface area contributed by atoms with Crippen molar-refractivity contribution in [2.75, 3.05) is 0 Å². The topological polar surface area (TPSA) is 93.8 Å². The number of aryl methyl sites for hydroxylation is 1. The van der Waals surface area contributed by atoms with Crippen molar-refractivity contribution in [3.63, 3.8) is 0 Å². The van der Waals surface area contributed by atoms with E-state index in [1.165, 1.54) is 24.4 Å². The Morgan fingerprint density at radius 1 is 1.29 bits per heavy atom. The molecule has 6 nitrogen and oxygen atoms in total. The van der Waals surface area contributed by atoms with E-state index in [0.717, 1.165) is 10.0 Å². The number of thiocarbonyl (C=S) groups is 1. The summed E-state index contributed by atoms with van der Waals surface area (Å²) >= 11 is 7.96. The normalized spacial score (nSPS) is 11.4. The third kappa shape index (κ3) is 5.02. The highest BCUT2D eigenvalue weighted by atomic mass is 79.9. The van der Waals surface area contributed by atoms with Crippen molar-refractivity contribution < 1.29 is 12.6 Å². The standard InChI is InChI=1S/C15H14BrN3O3S2/c1-10-2-5-13(6-3-10)24(20,21)22-14-7-4-12(16)8-11(14)9-18-19-15(17)23/h2-9H,1H3,(H3,17,19,23)/b18-9-. The maximum absolute atomic E-state index is 12.4. The monoisotopic (exact) mass is 427 g/mol. The van der Waals surface area contributed by atoms with Gasteiger partial charge in [-0.15, -0.1) is 0 Å². The van der Waals surface area contributed by atoms with Crippen LogP contribution >= 0.6 is 28.1 Å². The lowest BCUT2D eigenvalue weighted by molar-refractivity contribution is 0.485. The highest BCUT2D eigenvalue weighted by Gasteiger charge is 2.18. The molecule has 0 heterocycles.